The van der Waals surface area contributed by atoms with Crippen molar-refractivity contribution in [1.82, 2.24) is 19.5 Å². The van der Waals surface area contributed by atoms with Crippen LogP contribution in [0.15, 0.2) is 29.4 Å². The fraction of sp³-hybridized carbons (Fsp3) is 0.400. The Morgan fingerprint density at radius 1 is 1.40 bits per heavy atom. The number of amides is 1. The molecule has 3 heterocycles. The van der Waals surface area contributed by atoms with Gasteiger partial charge < -0.3 is 4.90 Å². The van der Waals surface area contributed by atoms with Crippen molar-refractivity contribution in [2.24, 2.45) is 0 Å². The van der Waals surface area contributed by atoms with Crippen LogP contribution in [-0.4, -0.2) is 64.2 Å². The van der Waals surface area contributed by atoms with E-state index in [1.165, 1.54) is 11.8 Å². The van der Waals surface area contributed by atoms with Gasteiger partial charge in [-0.15, -0.1) is 10.2 Å². The van der Waals surface area contributed by atoms with Gasteiger partial charge >= 0.3 is 0 Å². The van der Waals surface area contributed by atoms with Gasteiger partial charge in [0.1, 0.15) is 0 Å². The zero-order valence-corrected chi connectivity index (χ0v) is 15.9. The Morgan fingerprint density at radius 3 is 2.96 bits per heavy atom. The lowest BCUT2D eigenvalue weighted by Gasteiger charge is -2.23. The van der Waals surface area contributed by atoms with Crippen LogP contribution >= 0.6 is 23.1 Å². The Hall–Kier alpha value is -1.65. The smallest absolute Gasteiger partial charge is 0.233 e. The molecule has 0 bridgehead atoms. The highest BCUT2D eigenvalue weighted by molar-refractivity contribution is 7.99. The zero-order chi connectivity index (χ0) is 17.6. The van der Waals surface area contributed by atoms with Crippen LogP contribution in [0.3, 0.4) is 0 Å². The number of thiazole rings is 1. The van der Waals surface area contributed by atoms with E-state index in [9.17, 15) is 13.2 Å². The van der Waals surface area contributed by atoms with Crippen LogP contribution in [0.4, 0.5) is 0 Å². The molecule has 4 rings (SSSR count). The van der Waals surface area contributed by atoms with E-state index in [1.54, 1.807) is 23.3 Å². The van der Waals surface area contributed by atoms with Crippen molar-refractivity contribution in [1.29, 1.82) is 0 Å². The molecule has 1 saturated heterocycles. The van der Waals surface area contributed by atoms with Gasteiger partial charge in [-0.05, 0) is 18.6 Å². The van der Waals surface area contributed by atoms with Crippen molar-refractivity contribution in [2.75, 3.05) is 24.3 Å². The quantitative estimate of drug-likeness (QED) is 0.624. The molecule has 10 heteroatoms. The largest absolute Gasteiger partial charge is 0.341 e. The lowest BCUT2D eigenvalue weighted by molar-refractivity contribution is -0.128. The Kier molecular flexibility index (Phi) is 4.20. The minimum absolute atomic E-state index is 0.0598. The molecule has 0 radical (unpaired) electrons. The van der Waals surface area contributed by atoms with Gasteiger partial charge in [0.15, 0.2) is 15.0 Å². The van der Waals surface area contributed by atoms with Crippen LogP contribution in [0.5, 0.6) is 0 Å². The third-order valence-electron chi connectivity index (χ3n) is 4.39. The fourth-order valence-corrected chi connectivity index (χ4v) is 6.63. The number of hydrogen-bond acceptors (Lipinski definition) is 7. The summed E-state index contributed by atoms with van der Waals surface area (Å²) >= 11 is 2.88. The molecule has 1 aliphatic rings. The average molecular weight is 397 g/mol. The summed E-state index contributed by atoms with van der Waals surface area (Å²) in [6.07, 6.45) is 0.513. The van der Waals surface area contributed by atoms with Crippen LogP contribution in [0.25, 0.3) is 15.2 Å². The molecule has 2 aromatic heterocycles. The van der Waals surface area contributed by atoms with Crippen molar-refractivity contribution >= 4 is 54.0 Å². The van der Waals surface area contributed by atoms with Gasteiger partial charge in [-0.1, -0.05) is 35.2 Å². The molecule has 1 fully saturated rings. The summed E-state index contributed by atoms with van der Waals surface area (Å²) < 4.78 is 26.3. The maximum Gasteiger partial charge on any atom is 0.233 e. The number of aromatic nitrogens is 3. The first-order chi connectivity index (χ1) is 11.9. The molecule has 3 aromatic rings. The van der Waals surface area contributed by atoms with Crippen molar-refractivity contribution in [2.45, 2.75) is 17.6 Å². The molecule has 1 aliphatic heterocycles. The molecule has 7 nitrogen and oxygen atoms in total. The summed E-state index contributed by atoms with van der Waals surface area (Å²) in [4.78, 5) is 14.8. The molecule has 1 aromatic carbocycles. The summed E-state index contributed by atoms with van der Waals surface area (Å²) in [5.74, 6) is 0.333. The third-order valence-corrected chi connectivity index (χ3v) is 8.06. The van der Waals surface area contributed by atoms with Crippen molar-refractivity contribution < 1.29 is 13.2 Å². The number of sulfone groups is 1. The highest BCUT2D eigenvalue weighted by atomic mass is 32.2. The average Bonchev–Trinajstić information content (AvgIpc) is 3.25. The van der Waals surface area contributed by atoms with Crippen LogP contribution in [0.2, 0.25) is 0 Å². The molecule has 0 aliphatic carbocycles. The van der Waals surface area contributed by atoms with E-state index in [-0.39, 0.29) is 29.2 Å². The molecule has 0 N–H and O–H groups in total. The van der Waals surface area contributed by atoms with Gasteiger partial charge in [-0.3, -0.25) is 9.20 Å². The fourth-order valence-electron chi connectivity index (χ4n) is 2.96. The number of fused-ring (bicyclic) bond motifs is 3. The predicted molar refractivity (Wildman–Crippen MR) is 98.9 cm³/mol. The molecular weight excluding hydrogens is 380 g/mol. The molecule has 132 valence electrons. The van der Waals surface area contributed by atoms with E-state index in [0.717, 1.165) is 15.2 Å². The van der Waals surface area contributed by atoms with Gasteiger partial charge in [-0.2, -0.15) is 0 Å². The number of carbonyl (C=O) groups is 1. The normalized spacial score (nSPS) is 19.6. The number of thioether (sulfide) groups is 1. The Bertz CT molecular complexity index is 1060. The van der Waals surface area contributed by atoms with E-state index in [2.05, 4.69) is 10.2 Å². The van der Waals surface area contributed by atoms with E-state index in [0.29, 0.717) is 11.6 Å². The number of rotatable bonds is 4. The molecular formula is C15H16N4O3S3. The first-order valence-corrected chi connectivity index (χ1v) is 11.4. The second kappa shape index (κ2) is 6.26. The summed E-state index contributed by atoms with van der Waals surface area (Å²) in [6.45, 7) is 0. The molecule has 1 amide bonds. The molecule has 0 spiro atoms. The third kappa shape index (κ3) is 3.13. The topological polar surface area (TPSA) is 84.6 Å². The minimum Gasteiger partial charge on any atom is -0.341 e. The van der Waals surface area contributed by atoms with E-state index < -0.39 is 9.84 Å². The van der Waals surface area contributed by atoms with Crippen molar-refractivity contribution in [3.63, 3.8) is 0 Å². The van der Waals surface area contributed by atoms with E-state index >= 15 is 0 Å². The molecule has 0 saturated carbocycles. The Labute approximate surface area is 152 Å². The Balaban J connectivity index is 1.49. The number of para-hydroxylation sites is 1. The van der Waals surface area contributed by atoms with Crippen LogP contribution in [-0.2, 0) is 14.6 Å². The van der Waals surface area contributed by atoms with Crippen LogP contribution < -0.4 is 0 Å². The number of hydrogen-bond donors (Lipinski definition) is 0. The summed E-state index contributed by atoms with van der Waals surface area (Å²) in [5.41, 5.74) is 1.03. The predicted octanol–water partition coefficient (Wildman–Crippen LogP) is 1.68. The molecule has 1 atom stereocenters. The SMILES string of the molecule is CN(C(=O)CSc1nnc2sc3ccccc3n12)[C@H]1CCS(=O)(=O)C1. The standard InChI is InChI=1S/C15H16N4O3S3/c1-18(10-6-7-25(21,22)9-10)13(20)8-23-14-16-17-15-19(14)11-4-2-3-5-12(11)24-15/h2-5,10H,6-9H2,1H3/t10-/m0/s1. The monoisotopic (exact) mass is 396 g/mol. The van der Waals surface area contributed by atoms with Gasteiger partial charge in [0.05, 0.1) is 27.5 Å². The van der Waals surface area contributed by atoms with Crippen LogP contribution in [0, 0.1) is 0 Å². The van der Waals surface area contributed by atoms with Crippen molar-refractivity contribution in [3.05, 3.63) is 24.3 Å². The second-order valence-corrected chi connectivity index (χ2v) is 10.2. The summed E-state index contributed by atoms with van der Waals surface area (Å²) in [5, 5.41) is 9.03. The first-order valence-electron chi connectivity index (χ1n) is 7.76. The van der Waals surface area contributed by atoms with E-state index in [4.69, 9.17) is 0 Å². The number of nitrogens with zero attached hydrogens (tertiary/aromatic N) is 4. The number of benzene rings is 1. The minimum atomic E-state index is -3.00. The van der Waals surface area contributed by atoms with Crippen LogP contribution in [0.1, 0.15) is 6.42 Å². The second-order valence-electron chi connectivity index (χ2n) is 6.02. The lowest BCUT2D eigenvalue weighted by Crippen LogP contribution is -2.38. The summed E-state index contributed by atoms with van der Waals surface area (Å²) in [7, 11) is -1.33. The van der Waals surface area contributed by atoms with E-state index in [1.807, 2.05) is 28.7 Å². The maximum absolute atomic E-state index is 12.4. The van der Waals surface area contributed by atoms with Gasteiger partial charge in [0, 0.05) is 13.1 Å². The number of carbonyl (C=O) groups excluding carboxylic acids is 1. The van der Waals surface area contributed by atoms with Gasteiger partial charge in [0.25, 0.3) is 0 Å². The summed E-state index contributed by atoms with van der Waals surface area (Å²) in [6, 6.07) is 7.75. The lowest BCUT2D eigenvalue weighted by atomic mass is 10.2. The van der Waals surface area contributed by atoms with Gasteiger partial charge in [-0.25, -0.2) is 8.42 Å². The highest BCUT2D eigenvalue weighted by Gasteiger charge is 2.32. The Morgan fingerprint density at radius 2 is 2.20 bits per heavy atom. The zero-order valence-electron chi connectivity index (χ0n) is 13.5. The highest BCUT2D eigenvalue weighted by Crippen LogP contribution is 2.29. The van der Waals surface area contributed by atoms with Gasteiger partial charge in [0.2, 0.25) is 10.9 Å². The first kappa shape index (κ1) is 16.8. The molecule has 0 unspecified atom stereocenters. The molecule has 25 heavy (non-hydrogen) atoms. The maximum atomic E-state index is 12.4. The van der Waals surface area contributed by atoms with Crippen molar-refractivity contribution in [3.8, 4) is 0 Å².